The number of aliphatic imine (C=N–C) groups is 1. The normalized spacial score (nSPS) is 17.7. The number of carbonyl (C=O) groups is 2. The monoisotopic (exact) mass is 522 g/mol. The first-order valence-corrected chi connectivity index (χ1v) is 12.2. The molecule has 0 spiro atoms. The SMILES string of the molecule is C=CCN1C(=O)[C@@H](CC(=O)Nc2ccc(Br)cc2)SC1=Nc1ccc(S(N)(=O)=O)cc1. The van der Waals surface area contributed by atoms with Crippen molar-refractivity contribution in [2.24, 2.45) is 10.1 Å². The maximum atomic E-state index is 12.8. The van der Waals surface area contributed by atoms with Gasteiger partial charge in [-0.15, -0.1) is 6.58 Å². The van der Waals surface area contributed by atoms with Crippen LogP contribution in [0.2, 0.25) is 0 Å². The molecule has 8 nitrogen and oxygen atoms in total. The van der Waals surface area contributed by atoms with Crippen LogP contribution in [0.15, 0.2) is 75.5 Å². The predicted octanol–water partition coefficient (Wildman–Crippen LogP) is 3.24. The lowest BCUT2D eigenvalue weighted by Gasteiger charge is -2.13. The molecule has 3 N–H and O–H groups in total. The molecule has 1 aliphatic rings. The summed E-state index contributed by atoms with van der Waals surface area (Å²) < 4.78 is 23.7. The molecule has 0 bridgehead atoms. The molecule has 3 rings (SSSR count). The molecule has 0 aliphatic carbocycles. The zero-order valence-corrected chi connectivity index (χ0v) is 19.4. The van der Waals surface area contributed by atoms with Crippen LogP contribution in [0.4, 0.5) is 11.4 Å². The van der Waals surface area contributed by atoms with Crippen LogP contribution in [0.1, 0.15) is 6.42 Å². The van der Waals surface area contributed by atoms with Crippen LogP contribution in [0.3, 0.4) is 0 Å². The van der Waals surface area contributed by atoms with Crippen molar-refractivity contribution in [3.8, 4) is 0 Å². The van der Waals surface area contributed by atoms with Crippen molar-refractivity contribution in [3.05, 3.63) is 65.7 Å². The smallest absolute Gasteiger partial charge is 0.242 e. The Morgan fingerprint density at radius 3 is 2.45 bits per heavy atom. The number of hydrogen-bond acceptors (Lipinski definition) is 6. The van der Waals surface area contributed by atoms with Gasteiger partial charge in [0, 0.05) is 23.1 Å². The molecule has 2 amide bonds. The summed E-state index contributed by atoms with van der Waals surface area (Å²) in [5, 5.41) is 7.67. The van der Waals surface area contributed by atoms with E-state index in [-0.39, 0.29) is 29.7 Å². The molecule has 1 fully saturated rings. The van der Waals surface area contributed by atoms with Gasteiger partial charge in [0.25, 0.3) is 0 Å². The minimum atomic E-state index is -3.80. The van der Waals surface area contributed by atoms with Crippen LogP contribution in [0.25, 0.3) is 0 Å². The van der Waals surface area contributed by atoms with Gasteiger partial charge in [0.1, 0.15) is 5.25 Å². The number of rotatable bonds is 7. The Kier molecular flexibility index (Phi) is 7.31. The van der Waals surface area contributed by atoms with Crippen LogP contribution in [-0.2, 0) is 19.6 Å². The van der Waals surface area contributed by atoms with Crippen molar-refractivity contribution in [2.45, 2.75) is 16.6 Å². The van der Waals surface area contributed by atoms with Gasteiger partial charge in [-0.05, 0) is 48.5 Å². The Hall–Kier alpha value is -2.47. The maximum absolute atomic E-state index is 12.8. The fourth-order valence-corrected chi connectivity index (χ4v) is 4.70. The summed E-state index contributed by atoms with van der Waals surface area (Å²) in [6.07, 6.45) is 1.55. The molecule has 0 aromatic heterocycles. The number of halogens is 1. The zero-order valence-electron chi connectivity index (χ0n) is 16.2. The topological polar surface area (TPSA) is 122 Å². The van der Waals surface area contributed by atoms with E-state index >= 15 is 0 Å². The van der Waals surface area contributed by atoms with Gasteiger partial charge in [-0.25, -0.2) is 18.5 Å². The van der Waals surface area contributed by atoms with Crippen LogP contribution in [0.5, 0.6) is 0 Å². The zero-order chi connectivity index (χ0) is 22.6. The number of nitrogens with zero attached hydrogens (tertiary/aromatic N) is 2. The van der Waals surface area contributed by atoms with Gasteiger partial charge in [-0.1, -0.05) is 33.8 Å². The summed E-state index contributed by atoms with van der Waals surface area (Å²) in [5.41, 5.74) is 1.09. The van der Waals surface area contributed by atoms with Crippen LogP contribution in [0, 0.1) is 0 Å². The predicted molar refractivity (Wildman–Crippen MR) is 126 cm³/mol. The minimum Gasteiger partial charge on any atom is -0.326 e. The number of nitrogens with one attached hydrogen (secondary N) is 1. The van der Waals surface area contributed by atoms with Gasteiger partial charge in [-0.2, -0.15) is 0 Å². The Bertz CT molecular complexity index is 1130. The Balaban J connectivity index is 1.75. The summed E-state index contributed by atoms with van der Waals surface area (Å²) in [5.74, 6) is -0.527. The van der Waals surface area contributed by atoms with Gasteiger partial charge in [-0.3, -0.25) is 14.5 Å². The molecule has 1 atom stereocenters. The van der Waals surface area contributed by atoms with Crippen molar-refractivity contribution in [2.75, 3.05) is 11.9 Å². The first kappa shape index (κ1) is 23.2. The third kappa shape index (κ3) is 6.03. The average molecular weight is 523 g/mol. The number of nitrogens with two attached hydrogens (primary N) is 1. The van der Waals surface area contributed by atoms with E-state index in [0.29, 0.717) is 16.5 Å². The second-order valence-corrected chi connectivity index (χ2v) is 10.2. The quantitative estimate of drug-likeness (QED) is 0.540. The molecule has 31 heavy (non-hydrogen) atoms. The lowest BCUT2D eigenvalue weighted by Crippen LogP contribution is -2.33. The van der Waals surface area contributed by atoms with Crippen molar-refractivity contribution >= 4 is 66.1 Å². The number of anilines is 1. The van der Waals surface area contributed by atoms with E-state index in [1.165, 1.54) is 40.9 Å². The molecule has 1 heterocycles. The molecule has 2 aromatic rings. The largest absolute Gasteiger partial charge is 0.326 e. The number of amidine groups is 1. The maximum Gasteiger partial charge on any atom is 0.242 e. The highest BCUT2D eigenvalue weighted by Crippen LogP contribution is 2.32. The Labute approximate surface area is 192 Å². The van der Waals surface area contributed by atoms with Gasteiger partial charge in [0.15, 0.2) is 5.17 Å². The van der Waals surface area contributed by atoms with Crippen LogP contribution < -0.4 is 10.5 Å². The Morgan fingerprint density at radius 1 is 1.23 bits per heavy atom. The number of primary sulfonamides is 1. The van der Waals surface area contributed by atoms with Gasteiger partial charge < -0.3 is 5.32 Å². The fourth-order valence-electron chi connectivity index (χ4n) is 2.76. The van der Waals surface area contributed by atoms with Crippen molar-refractivity contribution < 1.29 is 18.0 Å². The average Bonchev–Trinajstić information content (AvgIpc) is 2.98. The van der Waals surface area contributed by atoms with E-state index in [0.717, 1.165) is 4.47 Å². The third-order valence-electron chi connectivity index (χ3n) is 4.22. The molecule has 0 radical (unpaired) electrons. The minimum absolute atomic E-state index is 0.0173. The van der Waals surface area contributed by atoms with E-state index in [4.69, 9.17) is 5.14 Å². The second kappa shape index (κ2) is 9.77. The molecule has 162 valence electrons. The molecule has 1 aliphatic heterocycles. The summed E-state index contributed by atoms with van der Waals surface area (Å²) in [4.78, 5) is 31.1. The summed E-state index contributed by atoms with van der Waals surface area (Å²) in [7, 11) is -3.80. The number of carbonyl (C=O) groups excluding carboxylic acids is 2. The highest BCUT2D eigenvalue weighted by atomic mass is 79.9. The van der Waals surface area contributed by atoms with Gasteiger partial charge >= 0.3 is 0 Å². The molecule has 11 heteroatoms. The van der Waals surface area contributed by atoms with E-state index < -0.39 is 15.3 Å². The fraction of sp³-hybridized carbons (Fsp3) is 0.150. The lowest BCUT2D eigenvalue weighted by atomic mass is 10.2. The Morgan fingerprint density at radius 2 is 1.87 bits per heavy atom. The van der Waals surface area contributed by atoms with Gasteiger partial charge in [0.05, 0.1) is 10.6 Å². The van der Waals surface area contributed by atoms with E-state index in [1.54, 1.807) is 18.2 Å². The molecular weight excluding hydrogens is 504 g/mol. The number of thioether (sulfide) groups is 1. The summed E-state index contributed by atoms with van der Waals surface area (Å²) in [6.45, 7) is 3.91. The van der Waals surface area contributed by atoms with Crippen molar-refractivity contribution in [1.82, 2.24) is 4.90 Å². The molecule has 0 unspecified atom stereocenters. The van der Waals surface area contributed by atoms with Gasteiger partial charge in [0.2, 0.25) is 21.8 Å². The van der Waals surface area contributed by atoms with Crippen molar-refractivity contribution in [1.29, 1.82) is 0 Å². The first-order valence-electron chi connectivity index (χ1n) is 9.03. The molecular formula is C20H19BrN4O4S2. The standard InChI is InChI=1S/C20H19BrN4O4S2/c1-2-11-25-19(27)17(12-18(26)23-14-5-3-13(21)4-6-14)30-20(25)24-15-7-9-16(10-8-15)31(22,28)29/h2-10,17H,1,11-12H2,(H,23,26)(H2,22,28,29)/t17-/m1/s1. The molecule has 2 aromatic carbocycles. The summed E-state index contributed by atoms with van der Waals surface area (Å²) >= 11 is 4.52. The van der Waals surface area contributed by atoms with E-state index in [2.05, 4.69) is 32.8 Å². The molecule has 1 saturated heterocycles. The summed E-state index contributed by atoms with van der Waals surface area (Å²) in [6, 6.07) is 12.8. The highest BCUT2D eigenvalue weighted by Gasteiger charge is 2.38. The first-order chi connectivity index (χ1) is 14.7. The number of sulfonamides is 1. The van der Waals surface area contributed by atoms with Crippen LogP contribution in [-0.4, -0.2) is 42.1 Å². The second-order valence-electron chi connectivity index (χ2n) is 6.54. The third-order valence-corrected chi connectivity index (χ3v) is 6.85. The number of amides is 2. The van der Waals surface area contributed by atoms with Crippen molar-refractivity contribution in [3.63, 3.8) is 0 Å². The lowest BCUT2D eigenvalue weighted by molar-refractivity contribution is -0.127. The number of benzene rings is 2. The van der Waals surface area contributed by atoms with E-state index in [9.17, 15) is 18.0 Å². The molecule has 0 saturated carbocycles. The number of hydrogen-bond donors (Lipinski definition) is 2. The van der Waals surface area contributed by atoms with Crippen LogP contribution >= 0.6 is 27.7 Å². The van der Waals surface area contributed by atoms with E-state index in [1.807, 2.05) is 12.1 Å². The highest BCUT2D eigenvalue weighted by molar-refractivity contribution is 9.10.